The number of nitrogens with zero attached hydrogens (tertiary/aromatic N) is 2. The number of benzene rings is 1. The van der Waals surface area contributed by atoms with Crippen molar-refractivity contribution in [3.63, 3.8) is 0 Å². The van der Waals surface area contributed by atoms with Crippen LogP contribution in [-0.2, 0) is 0 Å². The molecule has 0 radical (unpaired) electrons. The van der Waals surface area contributed by atoms with Gasteiger partial charge in [-0.2, -0.15) is 5.10 Å². The van der Waals surface area contributed by atoms with Crippen molar-refractivity contribution in [3.05, 3.63) is 53.1 Å². The molecule has 2 heterocycles. The van der Waals surface area contributed by atoms with E-state index in [1.807, 2.05) is 6.07 Å². The van der Waals surface area contributed by atoms with Gasteiger partial charge in [-0.15, -0.1) is 0 Å². The average molecular weight is 226 g/mol. The van der Waals surface area contributed by atoms with E-state index in [1.165, 1.54) is 4.57 Å². The third kappa shape index (κ3) is 1.40. The van der Waals surface area contributed by atoms with Crippen molar-refractivity contribution in [3.8, 4) is 5.82 Å². The monoisotopic (exact) mass is 226 g/mol. The number of nitrogens with one attached hydrogen (secondary N) is 1. The van der Waals surface area contributed by atoms with Crippen molar-refractivity contribution in [2.24, 2.45) is 0 Å². The summed E-state index contributed by atoms with van der Waals surface area (Å²) in [6.07, 6.45) is 3.29. The molecule has 0 aliphatic rings. The molecule has 84 valence electrons. The highest BCUT2D eigenvalue weighted by atomic mass is 16.1. The van der Waals surface area contributed by atoms with E-state index >= 15 is 0 Å². The van der Waals surface area contributed by atoms with E-state index in [1.54, 1.807) is 36.7 Å². The first kappa shape index (κ1) is 9.65. The zero-order valence-corrected chi connectivity index (χ0v) is 8.92. The molecule has 17 heavy (non-hydrogen) atoms. The fourth-order valence-electron chi connectivity index (χ4n) is 1.87. The van der Waals surface area contributed by atoms with Gasteiger partial charge in [0.05, 0.1) is 6.20 Å². The molecule has 0 atom stereocenters. The highest BCUT2D eigenvalue weighted by molar-refractivity contribution is 5.92. The van der Waals surface area contributed by atoms with Crippen molar-refractivity contribution in [1.82, 2.24) is 14.8 Å². The van der Waals surface area contributed by atoms with Crippen LogP contribution in [0.1, 0.15) is 0 Å². The molecular weight excluding hydrogens is 216 g/mol. The predicted molar refractivity (Wildman–Crippen MR) is 66.1 cm³/mol. The van der Waals surface area contributed by atoms with Crippen molar-refractivity contribution in [2.75, 3.05) is 5.73 Å². The van der Waals surface area contributed by atoms with Crippen LogP contribution in [0, 0.1) is 0 Å². The quantitative estimate of drug-likeness (QED) is 0.614. The summed E-state index contributed by atoms with van der Waals surface area (Å²) in [5.41, 5.74) is 6.32. The van der Waals surface area contributed by atoms with E-state index in [9.17, 15) is 4.79 Å². The van der Waals surface area contributed by atoms with Crippen LogP contribution in [0.25, 0.3) is 16.6 Å². The van der Waals surface area contributed by atoms with Crippen LogP contribution in [0.4, 0.5) is 5.69 Å². The van der Waals surface area contributed by atoms with Gasteiger partial charge in [-0.1, -0.05) is 6.07 Å². The summed E-state index contributed by atoms with van der Waals surface area (Å²) in [4.78, 5) is 12.2. The molecule has 3 N–H and O–H groups in total. The lowest BCUT2D eigenvalue weighted by Crippen LogP contribution is -2.18. The van der Waals surface area contributed by atoms with Crippen LogP contribution in [0.2, 0.25) is 0 Å². The van der Waals surface area contributed by atoms with Crippen LogP contribution in [0.3, 0.4) is 0 Å². The minimum absolute atomic E-state index is 0.112. The number of nitrogens with two attached hydrogens (primary N) is 1. The number of rotatable bonds is 1. The molecule has 0 unspecified atom stereocenters. The van der Waals surface area contributed by atoms with Gasteiger partial charge in [0.1, 0.15) is 5.82 Å². The second kappa shape index (κ2) is 3.48. The average Bonchev–Trinajstić information content (AvgIpc) is 2.84. The number of H-pyrrole nitrogens is 1. The Bertz CT molecular complexity index is 728. The molecule has 0 bridgehead atoms. The predicted octanol–water partition coefficient (Wildman–Crippen LogP) is 1.30. The molecular formula is C12H10N4O. The highest BCUT2D eigenvalue weighted by Gasteiger charge is 2.06. The molecule has 3 rings (SSSR count). The van der Waals surface area contributed by atoms with Gasteiger partial charge in [0.2, 0.25) is 0 Å². The Morgan fingerprint density at radius 1 is 1.18 bits per heavy atom. The van der Waals surface area contributed by atoms with E-state index in [0.29, 0.717) is 16.9 Å². The zero-order valence-electron chi connectivity index (χ0n) is 8.92. The SMILES string of the molecule is Nc1cccc2c(=O)n(-c3ccn[nH]3)ccc12. The van der Waals surface area contributed by atoms with Gasteiger partial charge in [-0.05, 0) is 18.2 Å². The van der Waals surface area contributed by atoms with Crippen molar-refractivity contribution >= 4 is 16.5 Å². The van der Waals surface area contributed by atoms with Crippen LogP contribution in [-0.4, -0.2) is 14.8 Å². The molecule has 0 saturated heterocycles. The molecule has 1 aromatic carbocycles. The lowest BCUT2D eigenvalue weighted by molar-refractivity contribution is 0.928. The van der Waals surface area contributed by atoms with Crippen molar-refractivity contribution in [2.45, 2.75) is 0 Å². The highest BCUT2D eigenvalue weighted by Crippen LogP contribution is 2.17. The van der Waals surface area contributed by atoms with E-state index in [2.05, 4.69) is 10.2 Å². The van der Waals surface area contributed by atoms with E-state index in [-0.39, 0.29) is 5.56 Å². The Labute approximate surface area is 96.5 Å². The molecule has 3 aromatic rings. The van der Waals surface area contributed by atoms with Gasteiger partial charge < -0.3 is 5.73 Å². The van der Waals surface area contributed by atoms with Gasteiger partial charge in [0.15, 0.2) is 0 Å². The fourth-order valence-corrected chi connectivity index (χ4v) is 1.87. The van der Waals surface area contributed by atoms with Gasteiger partial charge >= 0.3 is 0 Å². The van der Waals surface area contributed by atoms with Gasteiger partial charge in [-0.3, -0.25) is 14.5 Å². The van der Waals surface area contributed by atoms with E-state index in [4.69, 9.17) is 5.73 Å². The number of pyridine rings is 1. The molecule has 0 saturated carbocycles. The van der Waals surface area contributed by atoms with Gasteiger partial charge in [0, 0.05) is 28.7 Å². The largest absolute Gasteiger partial charge is 0.398 e. The maximum absolute atomic E-state index is 12.2. The Balaban J connectivity index is 2.38. The smallest absolute Gasteiger partial charge is 0.264 e. The zero-order chi connectivity index (χ0) is 11.8. The Morgan fingerprint density at radius 2 is 2.06 bits per heavy atom. The molecule has 5 nitrogen and oxygen atoms in total. The lowest BCUT2D eigenvalue weighted by atomic mass is 10.1. The minimum Gasteiger partial charge on any atom is -0.398 e. The normalized spacial score (nSPS) is 10.8. The number of hydrogen-bond acceptors (Lipinski definition) is 3. The second-order valence-corrected chi connectivity index (χ2v) is 3.74. The number of nitrogen functional groups attached to an aromatic ring is 1. The summed E-state index contributed by atoms with van der Waals surface area (Å²) >= 11 is 0. The maximum Gasteiger partial charge on any atom is 0.264 e. The Hall–Kier alpha value is -2.56. The van der Waals surface area contributed by atoms with Crippen LogP contribution >= 0.6 is 0 Å². The molecule has 0 fully saturated rings. The summed E-state index contributed by atoms with van der Waals surface area (Å²) < 4.78 is 1.51. The summed E-state index contributed by atoms with van der Waals surface area (Å²) in [6, 6.07) is 8.88. The second-order valence-electron chi connectivity index (χ2n) is 3.74. The number of aromatic nitrogens is 3. The topological polar surface area (TPSA) is 76.7 Å². The standard InChI is InChI=1S/C12H10N4O/c13-10-3-1-2-9-8(10)5-7-16(12(9)17)11-4-6-14-15-11/h1-7H,13H2,(H,14,15). The van der Waals surface area contributed by atoms with Crippen molar-refractivity contribution < 1.29 is 0 Å². The summed E-state index contributed by atoms with van der Waals surface area (Å²) in [6.45, 7) is 0. The van der Waals surface area contributed by atoms with E-state index in [0.717, 1.165) is 5.39 Å². The third-order valence-electron chi connectivity index (χ3n) is 2.72. The Morgan fingerprint density at radius 3 is 2.82 bits per heavy atom. The van der Waals surface area contributed by atoms with Gasteiger partial charge in [0.25, 0.3) is 5.56 Å². The first-order valence-electron chi connectivity index (χ1n) is 5.17. The summed E-state index contributed by atoms with van der Waals surface area (Å²) in [5.74, 6) is 0.638. The molecule has 0 aliphatic carbocycles. The first-order chi connectivity index (χ1) is 8.27. The number of hydrogen-bond donors (Lipinski definition) is 2. The lowest BCUT2D eigenvalue weighted by Gasteiger charge is -2.05. The van der Waals surface area contributed by atoms with Crippen LogP contribution in [0.5, 0.6) is 0 Å². The minimum atomic E-state index is -0.112. The fraction of sp³-hybridized carbons (Fsp3) is 0. The number of aromatic amines is 1. The Kier molecular flexibility index (Phi) is 1.98. The molecule has 0 aliphatic heterocycles. The molecule has 0 spiro atoms. The number of fused-ring (bicyclic) bond motifs is 1. The third-order valence-corrected chi connectivity index (χ3v) is 2.72. The molecule has 2 aromatic heterocycles. The number of anilines is 1. The first-order valence-corrected chi connectivity index (χ1v) is 5.17. The van der Waals surface area contributed by atoms with Crippen LogP contribution in [0.15, 0.2) is 47.5 Å². The van der Waals surface area contributed by atoms with Crippen molar-refractivity contribution in [1.29, 1.82) is 0 Å². The molecule has 0 amide bonds. The summed E-state index contributed by atoms with van der Waals surface area (Å²) in [5, 5.41) is 7.95. The molecule has 5 heteroatoms. The maximum atomic E-state index is 12.2. The van der Waals surface area contributed by atoms with Crippen LogP contribution < -0.4 is 11.3 Å². The van der Waals surface area contributed by atoms with Gasteiger partial charge in [-0.25, -0.2) is 0 Å². The summed E-state index contributed by atoms with van der Waals surface area (Å²) in [7, 11) is 0. The van der Waals surface area contributed by atoms with E-state index < -0.39 is 0 Å².